The van der Waals surface area contributed by atoms with E-state index in [1.54, 1.807) is 15.4 Å². The number of rotatable bonds is 10. The maximum Gasteiger partial charge on any atom is 0.296 e. The Bertz CT molecular complexity index is 1110. The molecule has 0 radical (unpaired) electrons. The van der Waals surface area contributed by atoms with Crippen LogP contribution in [0.2, 0.25) is 0 Å². The number of para-hydroxylation sites is 1. The summed E-state index contributed by atoms with van der Waals surface area (Å²) in [5.41, 5.74) is 6.84. The Morgan fingerprint density at radius 3 is 2.12 bits per heavy atom. The van der Waals surface area contributed by atoms with Gasteiger partial charge >= 0.3 is 0 Å². The number of aromatic nitrogens is 4. The lowest BCUT2D eigenvalue weighted by Gasteiger charge is -2.02. The average molecular weight is 461 g/mol. The van der Waals surface area contributed by atoms with Gasteiger partial charge in [-0.15, -0.1) is 0 Å². The fraction of sp³-hybridized carbons (Fsp3) is 0.409. The minimum absolute atomic E-state index is 0.0509. The van der Waals surface area contributed by atoms with Crippen molar-refractivity contribution in [3.8, 4) is 0 Å². The van der Waals surface area contributed by atoms with Crippen LogP contribution in [0.15, 0.2) is 59.5 Å². The number of nitrogens with two attached hydrogens (primary N) is 1. The number of benzene rings is 2. The van der Waals surface area contributed by atoms with Crippen LogP contribution in [0.5, 0.6) is 0 Å². The molecule has 9 nitrogen and oxygen atoms in total. The first-order valence-electron chi connectivity index (χ1n) is 10.7. The van der Waals surface area contributed by atoms with E-state index in [2.05, 4.69) is 17.4 Å². The molecule has 0 saturated heterocycles. The van der Waals surface area contributed by atoms with Gasteiger partial charge in [-0.05, 0) is 34.5 Å². The molecule has 0 spiro atoms. The van der Waals surface area contributed by atoms with Crippen molar-refractivity contribution in [1.82, 2.24) is 19.8 Å². The van der Waals surface area contributed by atoms with Crippen molar-refractivity contribution >= 4 is 15.8 Å². The highest BCUT2D eigenvalue weighted by Gasteiger charge is 2.11. The molecule has 0 saturated carbocycles. The highest BCUT2D eigenvalue weighted by Crippen LogP contribution is 2.15. The molecule has 0 aliphatic rings. The molecule has 0 unspecified atom stereocenters. The van der Waals surface area contributed by atoms with Crippen LogP contribution in [-0.4, -0.2) is 32.8 Å². The number of nitrogens with one attached hydrogen (secondary N) is 1. The third-order valence-electron chi connectivity index (χ3n) is 4.84. The number of hydrogen-bond donors (Lipinski definition) is 3. The molecule has 0 aliphatic carbocycles. The maximum atomic E-state index is 10.5. The molecular weight excluding hydrogens is 428 g/mol. The number of anilines is 1. The van der Waals surface area contributed by atoms with Gasteiger partial charge in [0, 0.05) is 6.54 Å². The largest absolute Gasteiger partial charge is 0.398 e. The Hall–Kier alpha value is -2.98. The van der Waals surface area contributed by atoms with Crippen LogP contribution in [0.1, 0.15) is 51.0 Å². The number of nitrogen functional groups attached to an aromatic ring is 1. The van der Waals surface area contributed by atoms with Gasteiger partial charge in [0.2, 0.25) is 5.62 Å². The van der Waals surface area contributed by atoms with Gasteiger partial charge in [0.05, 0.1) is 12.2 Å². The first-order valence-corrected chi connectivity index (χ1v) is 12.2. The Labute approximate surface area is 189 Å². The first kappa shape index (κ1) is 25.3. The summed E-state index contributed by atoms with van der Waals surface area (Å²) in [5, 5.41) is 16.3. The summed E-state index contributed by atoms with van der Waals surface area (Å²) in [6.07, 6.45) is 7.47. The Balaban J connectivity index is 0.000000278. The predicted molar refractivity (Wildman–Crippen MR) is 123 cm³/mol. The molecule has 0 atom stereocenters. The third-order valence-corrected chi connectivity index (χ3v) is 5.77. The summed E-state index contributed by atoms with van der Waals surface area (Å²) < 4.78 is 33.0. The highest BCUT2D eigenvalue weighted by molar-refractivity contribution is 7.86. The fourth-order valence-electron chi connectivity index (χ4n) is 3.09. The molecule has 1 aromatic heterocycles. The number of unbranched alkanes of at least 4 members (excludes halogenated alkanes) is 5. The Morgan fingerprint density at radius 1 is 0.906 bits per heavy atom. The monoisotopic (exact) mass is 460 g/mol. The van der Waals surface area contributed by atoms with Crippen LogP contribution in [-0.2, 0) is 23.2 Å². The zero-order valence-electron chi connectivity index (χ0n) is 18.4. The zero-order valence-corrected chi connectivity index (χ0v) is 19.2. The van der Waals surface area contributed by atoms with Crippen molar-refractivity contribution in [3.63, 3.8) is 0 Å². The van der Waals surface area contributed by atoms with Crippen molar-refractivity contribution in [2.45, 2.75) is 63.4 Å². The standard InChI is InChI=1S/C16H25N5.C6H7NO3S/c1-2-3-4-5-6-10-13-20-16(17)21(19-18-20)14-15-11-8-7-9-12-15;7-5-3-1-2-4-6(5)11(8,9)10/h7-9,11-12,17H,2-6,10,13-14H2,1H3;1-4H,7H2,(H,8,9,10). The molecule has 2 aromatic carbocycles. The topological polar surface area (TPSA) is 140 Å². The van der Waals surface area contributed by atoms with Gasteiger partial charge in [-0.2, -0.15) is 8.42 Å². The number of nitrogens with zero attached hydrogens (tertiary/aromatic N) is 4. The average Bonchev–Trinajstić information content (AvgIpc) is 3.11. The minimum atomic E-state index is -4.16. The Kier molecular flexibility index (Phi) is 10.1. The van der Waals surface area contributed by atoms with Crippen LogP contribution in [0.4, 0.5) is 5.69 Å². The van der Waals surface area contributed by atoms with Crippen LogP contribution in [0.3, 0.4) is 0 Å². The normalized spacial score (nSPS) is 11.1. The molecule has 4 N–H and O–H groups in total. The van der Waals surface area contributed by atoms with Crippen LogP contribution in [0.25, 0.3) is 0 Å². The lowest BCUT2D eigenvalue weighted by Crippen LogP contribution is -2.26. The molecular formula is C22H32N6O3S. The Morgan fingerprint density at radius 2 is 1.50 bits per heavy atom. The van der Waals surface area contributed by atoms with E-state index < -0.39 is 10.1 Å². The summed E-state index contributed by atoms with van der Waals surface area (Å²) in [6.45, 7) is 3.63. The van der Waals surface area contributed by atoms with Crippen molar-refractivity contribution < 1.29 is 13.0 Å². The second-order valence-corrected chi connectivity index (χ2v) is 8.84. The van der Waals surface area contributed by atoms with E-state index in [-0.39, 0.29) is 10.6 Å². The van der Waals surface area contributed by atoms with Crippen molar-refractivity contribution in [2.75, 3.05) is 5.73 Å². The predicted octanol–water partition coefficient (Wildman–Crippen LogP) is 3.48. The molecule has 0 fully saturated rings. The van der Waals surface area contributed by atoms with Gasteiger partial charge in [0.1, 0.15) is 4.90 Å². The summed E-state index contributed by atoms with van der Waals surface area (Å²) in [5.74, 6) is 0. The SMILES string of the molecule is CCCCCCCCn1nnn(Cc2ccccc2)c1=N.Nc1ccccc1S(=O)(=O)O. The molecule has 0 bridgehead atoms. The van der Waals surface area contributed by atoms with E-state index in [4.69, 9.17) is 15.7 Å². The van der Waals surface area contributed by atoms with Crippen LogP contribution in [0, 0.1) is 5.41 Å². The first-order chi connectivity index (χ1) is 15.3. The van der Waals surface area contributed by atoms with Gasteiger partial charge in [0.25, 0.3) is 10.1 Å². The maximum absolute atomic E-state index is 10.5. The molecule has 32 heavy (non-hydrogen) atoms. The number of hydrogen-bond acceptors (Lipinski definition) is 6. The van der Waals surface area contributed by atoms with Crippen molar-refractivity contribution in [3.05, 3.63) is 65.8 Å². The van der Waals surface area contributed by atoms with E-state index in [1.165, 1.54) is 50.3 Å². The minimum Gasteiger partial charge on any atom is -0.398 e. The smallest absolute Gasteiger partial charge is 0.296 e. The van der Waals surface area contributed by atoms with E-state index in [0.29, 0.717) is 12.2 Å². The molecule has 1 heterocycles. The zero-order chi connectivity index (χ0) is 23.4. The van der Waals surface area contributed by atoms with Gasteiger partial charge in [0.15, 0.2) is 0 Å². The number of tetrazole rings is 1. The number of aryl methyl sites for hydroxylation is 1. The van der Waals surface area contributed by atoms with Gasteiger partial charge < -0.3 is 5.73 Å². The van der Waals surface area contributed by atoms with Crippen LogP contribution >= 0.6 is 0 Å². The van der Waals surface area contributed by atoms with E-state index in [1.807, 2.05) is 30.3 Å². The highest BCUT2D eigenvalue weighted by atomic mass is 32.2. The molecule has 3 rings (SSSR count). The van der Waals surface area contributed by atoms with Crippen molar-refractivity contribution in [1.29, 1.82) is 5.41 Å². The summed E-state index contributed by atoms with van der Waals surface area (Å²) >= 11 is 0. The molecule has 0 amide bonds. The summed E-state index contributed by atoms with van der Waals surface area (Å²) in [6, 6.07) is 15.8. The van der Waals surface area contributed by atoms with Gasteiger partial charge in [-0.3, -0.25) is 9.96 Å². The lowest BCUT2D eigenvalue weighted by atomic mass is 10.1. The molecule has 10 heteroatoms. The quantitative estimate of drug-likeness (QED) is 0.240. The fourth-order valence-corrected chi connectivity index (χ4v) is 3.70. The second-order valence-electron chi connectivity index (χ2n) is 7.45. The van der Waals surface area contributed by atoms with Crippen LogP contribution < -0.4 is 11.4 Å². The van der Waals surface area contributed by atoms with Crippen molar-refractivity contribution in [2.24, 2.45) is 0 Å². The van der Waals surface area contributed by atoms with Gasteiger partial charge in [-0.1, -0.05) is 81.5 Å². The molecule has 3 aromatic rings. The third kappa shape index (κ3) is 8.27. The second kappa shape index (κ2) is 12.8. The van der Waals surface area contributed by atoms with E-state index >= 15 is 0 Å². The summed E-state index contributed by atoms with van der Waals surface area (Å²) in [7, 11) is -4.16. The van der Waals surface area contributed by atoms with Gasteiger partial charge in [-0.25, -0.2) is 9.36 Å². The molecule has 174 valence electrons. The van der Waals surface area contributed by atoms with E-state index in [0.717, 1.165) is 18.5 Å². The van der Waals surface area contributed by atoms with E-state index in [9.17, 15) is 8.42 Å². The summed E-state index contributed by atoms with van der Waals surface area (Å²) in [4.78, 5) is -0.250. The lowest BCUT2D eigenvalue weighted by molar-refractivity contribution is 0.483. The molecule has 0 aliphatic heterocycles.